The molecule has 1 aromatic heterocycles. The van der Waals surface area contributed by atoms with Crippen LogP contribution in [-0.4, -0.2) is 16.3 Å². The van der Waals surface area contributed by atoms with E-state index in [4.69, 9.17) is 0 Å². The number of hydrogen-bond donors (Lipinski definition) is 1. The van der Waals surface area contributed by atoms with Gasteiger partial charge in [-0.1, -0.05) is 13.8 Å². The molecule has 3 nitrogen and oxygen atoms in total. The van der Waals surface area contributed by atoms with E-state index >= 15 is 0 Å². The van der Waals surface area contributed by atoms with Gasteiger partial charge in [0.15, 0.2) is 0 Å². The van der Waals surface area contributed by atoms with Crippen LogP contribution in [0.4, 0.5) is 5.82 Å². The van der Waals surface area contributed by atoms with Crippen LogP contribution in [0.25, 0.3) is 0 Å². The summed E-state index contributed by atoms with van der Waals surface area (Å²) < 4.78 is 2.05. The van der Waals surface area contributed by atoms with Crippen LogP contribution in [0.5, 0.6) is 0 Å². The predicted octanol–water partition coefficient (Wildman–Crippen LogP) is 1.64. The number of rotatable bonds is 0. The molecular formula is C9H15N3. The zero-order valence-electron chi connectivity index (χ0n) is 7.89. The van der Waals surface area contributed by atoms with Gasteiger partial charge in [0.25, 0.3) is 0 Å². The van der Waals surface area contributed by atoms with E-state index in [0.29, 0.717) is 5.41 Å². The average molecular weight is 165 g/mol. The van der Waals surface area contributed by atoms with Gasteiger partial charge < -0.3 is 5.32 Å². The summed E-state index contributed by atoms with van der Waals surface area (Å²) in [6.07, 6.45) is 0. The van der Waals surface area contributed by atoms with Gasteiger partial charge in [0, 0.05) is 24.6 Å². The summed E-state index contributed by atoms with van der Waals surface area (Å²) in [5.41, 5.74) is 1.42. The van der Waals surface area contributed by atoms with Crippen molar-refractivity contribution in [3.8, 4) is 0 Å². The van der Waals surface area contributed by atoms with Crippen LogP contribution < -0.4 is 5.32 Å². The van der Waals surface area contributed by atoms with E-state index in [-0.39, 0.29) is 0 Å². The first-order valence-electron chi connectivity index (χ1n) is 4.35. The van der Waals surface area contributed by atoms with Gasteiger partial charge >= 0.3 is 0 Å². The van der Waals surface area contributed by atoms with Gasteiger partial charge in [-0.05, 0) is 6.92 Å². The van der Waals surface area contributed by atoms with E-state index in [1.165, 1.54) is 0 Å². The van der Waals surface area contributed by atoms with Crippen molar-refractivity contribution in [1.82, 2.24) is 9.78 Å². The van der Waals surface area contributed by atoms with E-state index in [1.54, 1.807) is 0 Å². The highest BCUT2D eigenvalue weighted by Crippen LogP contribution is 2.26. The van der Waals surface area contributed by atoms with Crippen molar-refractivity contribution in [2.75, 3.05) is 11.9 Å². The number of hydrogen-bond acceptors (Lipinski definition) is 2. The second kappa shape index (κ2) is 2.25. The lowest BCUT2D eigenvalue weighted by molar-refractivity contribution is 0.293. The minimum Gasteiger partial charge on any atom is -0.370 e. The SMILES string of the molecule is Cc1cc2n(n1)CC(C)(C)CN2. The highest BCUT2D eigenvalue weighted by Gasteiger charge is 2.25. The van der Waals surface area contributed by atoms with Crippen molar-refractivity contribution in [3.05, 3.63) is 11.8 Å². The summed E-state index contributed by atoms with van der Waals surface area (Å²) in [7, 11) is 0. The Balaban J connectivity index is 2.34. The summed E-state index contributed by atoms with van der Waals surface area (Å²) in [5.74, 6) is 1.16. The first-order valence-corrected chi connectivity index (χ1v) is 4.35. The molecule has 0 spiro atoms. The van der Waals surface area contributed by atoms with Gasteiger partial charge in [0.2, 0.25) is 0 Å². The molecule has 3 heteroatoms. The fraction of sp³-hybridized carbons (Fsp3) is 0.667. The Morgan fingerprint density at radius 1 is 1.58 bits per heavy atom. The molecule has 2 heterocycles. The van der Waals surface area contributed by atoms with Crippen LogP contribution >= 0.6 is 0 Å². The summed E-state index contributed by atoms with van der Waals surface area (Å²) in [5, 5.41) is 7.78. The van der Waals surface area contributed by atoms with E-state index in [1.807, 2.05) is 6.92 Å². The van der Waals surface area contributed by atoms with E-state index in [0.717, 1.165) is 24.6 Å². The zero-order valence-corrected chi connectivity index (χ0v) is 7.89. The van der Waals surface area contributed by atoms with Crippen molar-refractivity contribution in [1.29, 1.82) is 0 Å². The second-order valence-corrected chi connectivity index (χ2v) is 4.35. The molecule has 0 unspecified atom stereocenters. The summed E-state index contributed by atoms with van der Waals surface area (Å²) in [6.45, 7) is 8.58. The van der Waals surface area contributed by atoms with Crippen molar-refractivity contribution in [2.45, 2.75) is 27.3 Å². The Kier molecular flexibility index (Phi) is 1.43. The fourth-order valence-corrected chi connectivity index (χ4v) is 1.60. The van der Waals surface area contributed by atoms with Gasteiger partial charge in [-0.15, -0.1) is 0 Å². The molecule has 1 N–H and O–H groups in total. The number of fused-ring (bicyclic) bond motifs is 1. The highest BCUT2D eigenvalue weighted by molar-refractivity contribution is 5.38. The Bertz CT molecular complexity index is 299. The molecule has 66 valence electrons. The lowest BCUT2D eigenvalue weighted by Crippen LogP contribution is -2.34. The Morgan fingerprint density at radius 2 is 2.33 bits per heavy atom. The minimum atomic E-state index is 0.325. The number of nitrogens with zero attached hydrogens (tertiary/aromatic N) is 2. The van der Waals surface area contributed by atoms with E-state index < -0.39 is 0 Å². The summed E-state index contributed by atoms with van der Waals surface area (Å²) in [6, 6.07) is 2.09. The van der Waals surface area contributed by atoms with E-state index in [2.05, 4.69) is 35.0 Å². The Morgan fingerprint density at radius 3 is 3.08 bits per heavy atom. The fourth-order valence-electron chi connectivity index (χ4n) is 1.60. The van der Waals surface area contributed by atoms with Crippen molar-refractivity contribution >= 4 is 5.82 Å². The molecule has 0 aliphatic carbocycles. The first kappa shape index (κ1) is 7.65. The molecule has 0 aromatic carbocycles. The topological polar surface area (TPSA) is 29.9 Å². The normalized spacial score (nSPS) is 19.9. The molecule has 0 atom stereocenters. The molecule has 2 rings (SSSR count). The van der Waals surface area contributed by atoms with Crippen LogP contribution in [0.3, 0.4) is 0 Å². The second-order valence-electron chi connectivity index (χ2n) is 4.35. The molecule has 1 aliphatic heterocycles. The molecule has 12 heavy (non-hydrogen) atoms. The van der Waals surface area contributed by atoms with Crippen molar-refractivity contribution < 1.29 is 0 Å². The van der Waals surface area contributed by atoms with Crippen LogP contribution in [0.2, 0.25) is 0 Å². The summed E-state index contributed by atoms with van der Waals surface area (Å²) in [4.78, 5) is 0. The number of aryl methyl sites for hydroxylation is 1. The third-order valence-corrected chi connectivity index (χ3v) is 2.23. The maximum atomic E-state index is 4.40. The van der Waals surface area contributed by atoms with Crippen molar-refractivity contribution in [3.63, 3.8) is 0 Å². The largest absolute Gasteiger partial charge is 0.370 e. The number of nitrogens with one attached hydrogen (secondary N) is 1. The van der Waals surface area contributed by atoms with E-state index in [9.17, 15) is 0 Å². The van der Waals surface area contributed by atoms with Gasteiger partial charge in [-0.25, -0.2) is 4.68 Å². The van der Waals surface area contributed by atoms with Gasteiger partial charge in [0.05, 0.1) is 5.69 Å². The molecule has 1 aromatic rings. The predicted molar refractivity (Wildman–Crippen MR) is 49.2 cm³/mol. The lowest BCUT2D eigenvalue weighted by atomic mass is 9.92. The maximum Gasteiger partial charge on any atom is 0.124 e. The van der Waals surface area contributed by atoms with Crippen LogP contribution in [0.1, 0.15) is 19.5 Å². The number of anilines is 1. The maximum absolute atomic E-state index is 4.40. The van der Waals surface area contributed by atoms with Crippen molar-refractivity contribution in [2.24, 2.45) is 5.41 Å². The molecule has 0 radical (unpaired) electrons. The minimum absolute atomic E-state index is 0.325. The lowest BCUT2D eigenvalue weighted by Gasteiger charge is -2.31. The molecule has 0 amide bonds. The third-order valence-electron chi connectivity index (χ3n) is 2.23. The molecular weight excluding hydrogens is 150 g/mol. The molecule has 1 aliphatic rings. The molecule has 0 bridgehead atoms. The van der Waals surface area contributed by atoms with Gasteiger partial charge in [-0.3, -0.25) is 0 Å². The number of aromatic nitrogens is 2. The Hall–Kier alpha value is -0.990. The molecule has 0 saturated carbocycles. The van der Waals surface area contributed by atoms with Gasteiger partial charge in [0.1, 0.15) is 5.82 Å². The Labute approximate surface area is 72.8 Å². The zero-order chi connectivity index (χ0) is 8.77. The van der Waals surface area contributed by atoms with Gasteiger partial charge in [-0.2, -0.15) is 5.10 Å². The molecule has 0 saturated heterocycles. The first-order chi connectivity index (χ1) is 5.57. The third kappa shape index (κ3) is 1.19. The van der Waals surface area contributed by atoms with Crippen LogP contribution in [0.15, 0.2) is 6.07 Å². The quantitative estimate of drug-likeness (QED) is 0.633. The standard InChI is InChI=1S/C9H15N3/c1-7-4-8-10-5-9(2,3)6-12(8)11-7/h4,10H,5-6H2,1-3H3. The molecule has 0 fully saturated rings. The van der Waals surface area contributed by atoms with Crippen LogP contribution in [-0.2, 0) is 6.54 Å². The summed E-state index contributed by atoms with van der Waals surface area (Å²) >= 11 is 0. The average Bonchev–Trinajstić information content (AvgIpc) is 2.26. The van der Waals surface area contributed by atoms with Crippen LogP contribution in [0, 0.1) is 12.3 Å². The monoisotopic (exact) mass is 165 g/mol. The highest BCUT2D eigenvalue weighted by atomic mass is 15.3. The smallest absolute Gasteiger partial charge is 0.124 e.